The highest BCUT2D eigenvalue weighted by Crippen LogP contribution is 2.06. The number of hydrogen-bond acceptors (Lipinski definition) is 0. The van der Waals surface area contributed by atoms with Crippen LogP contribution in [0.1, 0.15) is 12.5 Å². The van der Waals surface area contributed by atoms with Crippen LogP contribution in [0.15, 0.2) is 24.3 Å². The van der Waals surface area contributed by atoms with Gasteiger partial charge in [0.25, 0.3) is 0 Å². The molecule has 1 aromatic rings. The van der Waals surface area contributed by atoms with Crippen LogP contribution in [0, 0.1) is 0 Å². The average molecular weight is 152 g/mol. The normalized spacial score (nSPS) is 10.0. The van der Waals surface area contributed by atoms with E-state index in [1.54, 1.807) is 0 Å². The van der Waals surface area contributed by atoms with Crippen LogP contribution < -0.4 is 11.1 Å². The van der Waals surface area contributed by atoms with Crippen molar-refractivity contribution < 1.29 is 11.1 Å². The molecular formula is C9H16N2+2. The Kier molecular flexibility index (Phi) is 3.08. The van der Waals surface area contributed by atoms with Crippen molar-refractivity contribution in [2.75, 3.05) is 6.54 Å². The van der Waals surface area contributed by atoms with Gasteiger partial charge in [0.1, 0.15) is 12.2 Å². The van der Waals surface area contributed by atoms with Gasteiger partial charge in [-0.3, -0.25) is 0 Å². The molecule has 11 heavy (non-hydrogen) atoms. The van der Waals surface area contributed by atoms with E-state index in [9.17, 15) is 0 Å². The van der Waals surface area contributed by atoms with Crippen molar-refractivity contribution in [3.05, 3.63) is 29.8 Å². The summed E-state index contributed by atoms with van der Waals surface area (Å²) in [5.41, 5.74) is 6.56. The molecule has 0 saturated heterocycles. The van der Waals surface area contributed by atoms with E-state index >= 15 is 0 Å². The van der Waals surface area contributed by atoms with Crippen LogP contribution in [0.4, 0.5) is 5.69 Å². The van der Waals surface area contributed by atoms with Gasteiger partial charge in [-0.2, -0.15) is 0 Å². The summed E-state index contributed by atoms with van der Waals surface area (Å²) >= 11 is 0. The van der Waals surface area contributed by atoms with E-state index in [1.165, 1.54) is 11.3 Å². The van der Waals surface area contributed by atoms with Gasteiger partial charge in [0.2, 0.25) is 0 Å². The van der Waals surface area contributed by atoms with Gasteiger partial charge in [0.15, 0.2) is 0 Å². The molecule has 5 N–H and O–H groups in total. The van der Waals surface area contributed by atoms with Crippen molar-refractivity contribution in [3.8, 4) is 0 Å². The SMILES string of the molecule is CC[NH2+]c1ccccc1C[NH3+]. The highest BCUT2D eigenvalue weighted by Gasteiger charge is 2.01. The summed E-state index contributed by atoms with van der Waals surface area (Å²) in [5.74, 6) is 0. The van der Waals surface area contributed by atoms with E-state index in [0.717, 1.165) is 13.1 Å². The van der Waals surface area contributed by atoms with E-state index in [-0.39, 0.29) is 0 Å². The minimum atomic E-state index is 0.882. The number of para-hydroxylation sites is 1. The topological polar surface area (TPSA) is 44.2 Å². The standard InChI is InChI=1S/C9H14N2/c1-2-11-9-6-4-3-5-8(9)7-10/h3-6,11H,2,7,10H2,1H3/p+2. The molecule has 0 unspecified atom stereocenters. The smallest absolute Gasteiger partial charge is 0.138 e. The van der Waals surface area contributed by atoms with E-state index in [4.69, 9.17) is 0 Å². The summed E-state index contributed by atoms with van der Waals surface area (Å²) in [4.78, 5) is 0. The Balaban J connectivity index is 2.83. The lowest BCUT2D eigenvalue weighted by atomic mass is 10.2. The molecule has 0 amide bonds. The Hall–Kier alpha value is -0.860. The summed E-state index contributed by atoms with van der Waals surface area (Å²) in [6.45, 7) is 4.13. The zero-order chi connectivity index (χ0) is 8.10. The molecule has 1 aromatic carbocycles. The van der Waals surface area contributed by atoms with Gasteiger partial charge < -0.3 is 11.1 Å². The minimum Gasteiger partial charge on any atom is -0.354 e. The zero-order valence-electron chi connectivity index (χ0n) is 7.01. The van der Waals surface area contributed by atoms with E-state index in [1.807, 2.05) is 0 Å². The van der Waals surface area contributed by atoms with Crippen LogP contribution in [0.5, 0.6) is 0 Å². The molecule has 0 saturated carbocycles. The van der Waals surface area contributed by atoms with Crippen LogP contribution >= 0.6 is 0 Å². The van der Waals surface area contributed by atoms with Gasteiger partial charge in [-0.15, -0.1) is 0 Å². The molecule has 60 valence electrons. The summed E-state index contributed by atoms with van der Waals surface area (Å²) in [7, 11) is 0. The van der Waals surface area contributed by atoms with Crippen LogP contribution in [0.3, 0.4) is 0 Å². The predicted molar refractivity (Wildman–Crippen MR) is 45.2 cm³/mol. The van der Waals surface area contributed by atoms with Gasteiger partial charge >= 0.3 is 0 Å². The lowest BCUT2D eigenvalue weighted by Crippen LogP contribution is -2.78. The quantitative estimate of drug-likeness (QED) is 0.556. The molecule has 0 bridgehead atoms. The summed E-state index contributed by atoms with van der Waals surface area (Å²) in [5, 5.41) is 2.24. The zero-order valence-corrected chi connectivity index (χ0v) is 7.01. The molecular weight excluding hydrogens is 136 g/mol. The maximum atomic E-state index is 3.88. The monoisotopic (exact) mass is 152 g/mol. The minimum absolute atomic E-state index is 0.882. The van der Waals surface area contributed by atoms with Crippen LogP contribution in [0.25, 0.3) is 0 Å². The molecule has 0 aromatic heterocycles. The lowest BCUT2D eigenvalue weighted by Gasteiger charge is -2.00. The van der Waals surface area contributed by atoms with Crippen molar-refractivity contribution in [2.24, 2.45) is 0 Å². The Morgan fingerprint density at radius 3 is 2.73 bits per heavy atom. The highest BCUT2D eigenvalue weighted by molar-refractivity contribution is 5.37. The second-order valence-corrected chi connectivity index (χ2v) is 2.56. The molecule has 0 aliphatic rings. The molecule has 0 spiro atoms. The number of quaternary nitrogens is 2. The van der Waals surface area contributed by atoms with Gasteiger partial charge in [-0.25, -0.2) is 0 Å². The number of nitrogens with two attached hydrogens (primary N) is 1. The van der Waals surface area contributed by atoms with Crippen molar-refractivity contribution in [1.82, 2.24) is 0 Å². The maximum absolute atomic E-state index is 3.88. The van der Waals surface area contributed by atoms with Crippen molar-refractivity contribution in [3.63, 3.8) is 0 Å². The first-order valence-electron chi connectivity index (χ1n) is 4.08. The maximum Gasteiger partial charge on any atom is 0.138 e. The molecule has 0 fully saturated rings. The first kappa shape index (κ1) is 8.24. The largest absolute Gasteiger partial charge is 0.354 e. The third kappa shape index (κ3) is 2.03. The number of hydrogen-bond donors (Lipinski definition) is 2. The lowest BCUT2D eigenvalue weighted by molar-refractivity contribution is -0.569. The number of rotatable bonds is 3. The predicted octanol–water partition coefficient (Wildman–Crippen LogP) is -0.357. The molecule has 0 aliphatic heterocycles. The van der Waals surface area contributed by atoms with Gasteiger partial charge in [-0.05, 0) is 19.1 Å². The van der Waals surface area contributed by atoms with Crippen LogP contribution in [-0.2, 0) is 6.54 Å². The molecule has 0 atom stereocenters. The first-order chi connectivity index (χ1) is 5.38. The molecule has 0 heterocycles. The summed E-state index contributed by atoms with van der Waals surface area (Å²) in [6, 6.07) is 8.41. The molecule has 1 rings (SSSR count). The average Bonchev–Trinajstić information content (AvgIpc) is 2.06. The van der Waals surface area contributed by atoms with Crippen molar-refractivity contribution in [1.29, 1.82) is 0 Å². The van der Waals surface area contributed by atoms with Crippen LogP contribution in [-0.4, -0.2) is 6.54 Å². The Labute approximate surface area is 67.4 Å². The molecule has 2 heteroatoms. The molecule has 0 aliphatic carbocycles. The van der Waals surface area contributed by atoms with E-state index in [0.29, 0.717) is 0 Å². The summed E-state index contributed by atoms with van der Waals surface area (Å²) in [6.07, 6.45) is 0. The highest BCUT2D eigenvalue weighted by atomic mass is 14.9. The van der Waals surface area contributed by atoms with Gasteiger partial charge in [0, 0.05) is 0 Å². The fourth-order valence-electron chi connectivity index (χ4n) is 1.18. The van der Waals surface area contributed by atoms with Crippen molar-refractivity contribution >= 4 is 5.69 Å². The fraction of sp³-hybridized carbons (Fsp3) is 0.333. The Bertz CT molecular complexity index is 221. The molecule has 0 radical (unpaired) electrons. The second-order valence-electron chi connectivity index (χ2n) is 2.56. The van der Waals surface area contributed by atoms with Crippen molar-refractivity contribution in [2.45, 2.75) is 13.5 Å². The van der Waals surface area contributed by atoms with Gasteiger partial charge in [0.05, 0.1) is 12.1 Å². The van der Waals surface area contributed by atoms with E-state index in [2.05, 4.69) is 42.2 Å². The van der Waals surface area contributed by atoms with E-state index < -0.39 is 0 Å². The fourth-order valence-corrected chi connectivity index (χ4v) is 1.18. The Morgan fingerprint density at radius 1 is 1.36 bits per heavy atom. The third-order valence-electron chi connectivity index (χ3n) is 1.75. The second kappa shape index (κ2) is 4.11. The first-order valence-corrected chi connectivity index (χ1v) is 4.08. The van der Waals surface area contributed by atoms with Crippen LogP contribution in [0.2, 0.25) is 0 Å². The Morgan fingerprint density at radius 2 is 2.09 bits per heavy atom. The summed E-state index contributed by atoms with van der Waals surface area (Å²) < 4.78 is 0. The number of benzene rings is 1. The third-order valence-corrected chi connectivity index (χ3v) is 1.75. The van der Waals surface area contributed by atoms with Gasteiger partial charge in [-0.1, -0.05) is 12.1 Å². The molecule has 2 nitrogen and oxygen atoms in total.